The molecule has 8 heteroatoms. The van der Waals surface area contributed by atoms with Crippen LogP contribution in [0, 0.1) is 23.2 Å². The Morgan fingerprint density at radius 2 is 1.39 bits per heavy atom. The summed E-state index contributed by atoms with van der Waals surface area (Å²) >= 11 is 1.58. The first-order valence-electron chi connectivity index (χ1n) is 21.6. The number of thiophene rings is 1. The van der Waals surface area contributed by atoms with Gasteiger partial charge >= 0.3 is 0 Å². The minimum Gasteiger partial charge on any atom is -0.411 e. The van der Waals surface area contributed by atoms with Crippen molar-refractivity contribution in [2.45, 2.75) is 213 Å². The maximum absolute atomic E-state index is 12.7. The summed E-state index contributed by atoms with van der Waals surface area (Å²) in [7, 11) is -6.35. The van der Waals surface area contributed by atoms with Crippen LogP contribution in [0.5, 0.6) is 0 Å². The Hall–Kier alpha value is -0.619. The Kier molecular flexibility index (Phi) is 14.4. The fraction of sp³-hybridized carbons (Fsp3) is 0.804. The van der Waals surface area contributed by atoms with Crippen LogP contribution in [-0.2, 0) is 13.3 Å². The highest BCUT2D eigenvalue weighted by molar-refractivity contribution is 7.12. The SMILES string of the molecule is C[C@H](CCCC(=O)c1cccs1)[C@H]1CC[C@H]2/C(=C/C=C3C[C@@H](O[Si](C)(C)C(C)(C)C)C(O[Si](C)(C)C(C)(C)C)[C@H](O[Si](C)(C)C(C)(C)C)C3)CCC[C@]12C. The average Bonchev–Trinajstić information content (AvgIpc) is 3.68. The summed E-state index contributed by atoms with van der Waals surface area (Å²) in [4.78, 5) is 13.6. The summed E-state index contributed by atoms with van der Waals surface area (Å²) in [6, 6.07) is 3.96. The van der Waals surface area contributed by atoms with Gasteiger partial charge in [0, 0.05) is 6.42 Å². The maximum atomic E-state index is 12.7. The zero-order valence-corrected chi connectivity index (χ0v) is 41.8. The van der Waals surface area contributed by atoms with Gasteiger partial charge in [-0.15, -0.1) is 11.3 Å². The molecule has 1 aromatic rings. The summed E-state index contributed by atoms with van der Waals surface area (Å²) in [5.41, 5.74) is 3.48. The van der Waals surface area contributed by atoms with Crippen LogP contribution in [0.15, 0.2) is 40.8 Å². The highest BCUT2D eigenvalue weighted by atomic mass is 32.1. The van der Waals surface area contributed by atoms with E-state index in [1.165, 1.54) is 37.7 Å². The van der Waals surface area contributed by atoms with Gasteiger partial charge in [-0.25, -0.2) is 0 Å². The van der Waals surface area contributed by atoms with Crippen molar-refractivity contribution in [3.63, 3.8) is 0 Å². The van der Waals surface area contributed by atoms with Gasteiger partial charge < -0.3 is 13.3 Å². The molecule has 0 aliphatic heterocycles. The van der Waals surface area contributed by atoms with E-state index in [1.807, 2.05) is 17.5 Å². The normalized spacial score (nSPS) is 29.0. The highest BCUT2D eigenvalue weighted by Gasteiger charge is 2.52. The fourth-order valence-corrected chi connectivity index (χ4v) is 13.7. The molecule has 0 amide bonds. The van der Waals surface area contributed by atoms with Crippen LogP contribution in [0.1, 0.15) is 150 Å². The summed E-state index contributed by atoms with van der Waals surface area (Å²) in [6.07, 6.45) is 16.0. The van der Waals surface area contributed by atoms with E-state index in [2.05, 4.69) is 128 Å². The molecule has 4 rings (SSSR count). The second-order valence-corrected chi connectivity index (χ2v) is 37.7. The number of allylic oxidation sites excluding steroid dienone is 3. The fourth-order valence-electron chi connectivity index (χ4n) is 8.99. The molecular weight excluding hydrogens is 733 g/mol. The van der Waals surface area contributed by atoms with Gasteiger partial charge in [0.1, 0.15) is 0 Å². The van der Waals surface area contributed by atoms with Crippen LogP contribution in [0.2, 0.25) is 54.4 Å². The number of rotatable bonds is 13. The van der Waals surface area contributed by atoms with Gasteiger partial charge in [0.2, 0.25) is 0 Å². The molecule has 0 spiro atoms. The van der Waals surface area contributed by atoms with E-state index in [-0.39, 0.29) is 33.4 Å². The molecule has 3 aliphatic carbocycles. The number of hydrogen-bond acceptors (Lipinski definition) is 5. The molecule has 0 unspecified atom stereocenters. The number of ketones is 1. The van der Waals surface area contributed by atoms with E-state index < -0.39 is 25.0 Å². The van der Waals surface area contributed by atoms with Crippen LogP contribution >= 0.6 is 11.3 Å². The summed E-state index contributed by atoms with van der Waals surface area (Å²) < 4.78 is 22.4. The standard InChI is InChI=1S/C46H82O4SSi3/c1-33(21-18-23-38(47)41-24-20-30-51-41)36-27-28-37-35(22-19-29-46(36,37)11)26-25-34-31-39(48-52(12,13)43(2,3)4)42(50-54(16,17)45(8,9)10)40(32-34)49-53(14,15)44(5,6)7/h20,24-26,30,33,36-37,39-40,42H,18-19,21-23,27-29,31-32H2,1-17H3/b34-25?,35-26+/t33-,36-,37+,39-,40-,42?,46-/m1/s1. The molecule has 308 valence electrons. The smallest absolute Gasteiger partial charge is 0.192 e. The maximum Gasteiger partial charge on any atom is 0.192 e. The Bertz CT molecular complexity index is 1430. The Morgan fingerprint density at radius 3 is 1.89 bits per heavy atom. The van der Waals surface area contributed by atoms with Gasteiger partial charge in [-0.3, -0.25) is 4.79 Å². The third kappa shape index (κ3) is 10.5. The minimum atomic E-state index is -2.13. The topological polar surface area (TPSA) is 44.8 Å². The van der Waals surface area contributed by atoms with Gasteiger partial charge in [-0.2, -0.15) is 0 Å². The van der Waals surface area contributed by atoms with Crippen LogP contribution in [0.3, 0.4) is 0 Å². The van der Waals surface area contributed by atoms with Crippen LogP contribution in [0.4, 0.5) is 0 Å². The summed E-state index contributed by atoms with van der Waals surface area (Å²) in [6.45, 7) is 40.7. The molecule has 3 saturated carbocycles. The zero-order valence-electron chi connectivity index (χ0n) is 38.0. The Balaban J connectivity index is 1.63. The van der Waals surface area contributed by atoms with Gasteiger partial charge in [0.15, 0.2) is 30.7 Å². The third-order valence-electron chi connectivity index (χ3n) is 15.5. The van der Waals surface area contributed by atoms with Gasteiger partial charge in [0.05, 0.1) is 23.2 Å². The number of carbonyl (C=O) groups is 1. The van der Waals surface area contributed by atoms with E-state index in [4.69, 9.17) is 13.3 Å². The quantitative estimate of drug-likeness (QED) is 0.147. The first kappa shape index (κ1) is 46.1. The van der Waals surface area contributed by atoms with Crippen molar-refractivity contribution in [3.8, 4) is 0 Å². The first-order chi connectivity index (χ1) is 24.6. The average molecular weight is 815 g/mol. The van der Waals surface area contributed by atoms with E-state index in [0.29, 0.717) is 29.5 Å². The molecule has 0 aromatic carbocycles. The molecule has 0 N–H and O–H groups in total. The largest absolute Gasteiger partial charge is 0.411 e. The lowest BCUT2D eigenvalue weighted by Crippen LogP contribution is -2.59. The number of carbonyl (C=O) groups excluding carboxylic acids is 1. The molecular formula is C46H82O4SSi3. The van der Waals surface area contributed by atoms with E-state index in [0.717, 1.165) is 36.5 Å². The van der Waals surface area contributed by atoms with Crippen molar-refractivity contribution in [2.24, 2.45) is 23.2 Å². The van der Waals surface area contributed by atoms with Crippen LogP contribution in [-0.4, -0.2) is 49.0 Å². The predicted molar refractivity (Wildman–Crippen MR) is 241 cm³/mol. The van der Waals surface area contributed by atoms with Crippen molar-refractivity contribution in [1.29, 1.82) is 0 Å². The number of Topliss-reactive ketones (excluding diaryl/α,β-unsaturated/α-hetero) is 1. The lowest BCUT2D eigenvalue weighted by Gasteiger charge is -2.51. The molecule has 3 fully saturated rings. The molecule has 54 heavy (non-hydrogen) atoms. The van der Waals surface area contributed by atoms with Crippen LogP contribution in [0.25, 0.3) is 0 Å². The second-order valence-electron chi connectivity index (χ2n) is 22.5. The predicted octanol–water partition coefficient (Wildman–Crippen LogP) is 14.8. The molecule has 0 saturated heterocycles. The van der Waals surface area contributed by atoms with Crippen molar-refractivity contribution in [1.82, 2.24) is 0 Å². The van der Waals surface area contributed by atoms with Crippen LogP contribution < -0.4 is 0 Å². The van der Waals surface area contributed by atoms with Gasteiger partial charge in [-0.1, -0.05) is 106 Å². The first-order valence-corrected chi connectivity index (χ1v) is 31.2. The molecule has 0 bridgehead atoms. The minimum absolute atomic E-state index is 0.0202. The van der Waals surface area contributed by atoms with Crippen molar-refractivity contribution in [2.75, 3.05) is 0 Å². The van der Waals surface area contributed by atoms with Crippen molar-refractivity contribution in [3.05, 3.63) is 45.7 Å². The Labute approximate surface area is 340 Å². The lowest BCUT2D eigenvalue weighted by molar-refractivity contribution is -0.0527. The zero-order chi connectivity index (χ0) is 40.7. The number of hydrogen-bond donors (Lipinski definition) is 0. The molecule has 6 atom stereocenters. The van der Waals surface area contributed by atoms with E-state index in [1.54, 1.807) is 16.9 Å². The van der Waals surface area contributed by atoms with E-state index in [9.17, 15) is 4.79 Å². The molecule has 4 nitrogen and oxygen atoms in total. The summed E-state index contributed by atoms with van der Waals surface area (Å²) in [5.74, 6) is 2.34. The molecule has 1 heterocycles. The van der Waals surface area contributed by atoms with Crippen molar-refractivity contribution < 1.29 is 18.1 Å². The Morgan fingerprint density at radius 1 is 0.852 bits per heavy atom. The van der Waals surface area contributed by atoms with Gasteiger partial charge in [0.25, 0.3) is 0 Å². The highest BCUT2D eigenvalue weighted by Crippen LogP contribution is 2.60. The third-order valence-corrected chi connectivity index (χ3v) is 29.9. The molecule has 3 aliphatic rings. The van der Waals surface area contributed by atoms with Crippen molar-refractivity contribution >= 4 is 42.1 Å². The van der Waals surface area contributed by atoms with E-state index >= 15 is 0 Å². The number of fused-ring (bicyclic) bond motifs is 1. The second kappa shape index (κ2) is 16.9. The molecule has 1 aromatic heterocycles. The lowest BCUT2D eigenvalue weighted by atomic mass is 9.60. The molecule has 0 radical (unpaired) electrons. The van der Waals surface area contributed by atoms with Gasteiger partial charge in [-0.05, 0) is 147 Å². The monoisotopic (exact) mass is 815 g/mol. The summed E-state index contributed by atoms with van der Waals surface area (Å²) in [5, 5.41) is 2.33.